The van der Waals surface area contributed by atoms with E-state index in [4.69, 9.17) is 25.2 Å². The summed E-state index contributed by atoms with van der Waals surface area (Å²) in [4.78, 5) is 30.5. The number of carboxylic acid groups (broad SMARTS) is 3. The predicted octanol–water partition coefficient (Wildman–Crippen LogP) is 4.71. The molecule has 0 aromatic heterocycles. The Labute approximate surface area is 261 Å². The number of aliphatic hydroxyl groups is 1. The molecule has 0 saturated heterocycles. The minimum atomic E-state index is -2.74. The summed E-state index contributed by atoms with van der Waals surface area (Å²) in [6, 6.07) is 0. The second-order valence-corrected chi connectivity index (χ2v) is 10.5. The summed E-state index contributed by atoms with van der Waals surface area (Å²) >= 11 is 0. The molecule has 0 radical (unpaired) electrons. The molecule has 0 atom stereocenters. The number of rotatable bonds is 27. The Hall–Kier alpha value is -0.670. The van der Waals surface area contributed by atoms with Crippen LogP contribution < -0.4 is 29.6 Å². The van der Waals surface area contributed by atoms with Gasteiger partial charge in [0, 0.05) is 13.2 Å². The van der Waals surface area contributed by atoms with E-state index in [-0.39, 0.29) is 31.0 Å². The Kier molecular flexibility index (Phi) is 34.9. The molecule has 228 valence electrons. The number of carbonyl (C=O) groups is 3. The monoisotopic (exact) mass is 570 g/mol. The van der Waals surface area contributed by atoms with E-state index >= 15 is 0 Å². The van der Waals surface area contributed by atoms with Crippen LogP contribution in [-0.2, 0) is 19.1 Å². The van der Waals surface area contributed by atoms with Crippen molar-refractivity contribution in [1.82, 2.24) is 0 Å². The van der Waals surface area contributed by atoms with E-state index in [1.807, 2.05) is 0 Å². The molecule has 0 amide bonds. The van der Waals surface area contributed by atoms with Gasteiger partial charge in [-0.25, -0.2) is 4.79 Å². The van der Waals surface area contributed by atoms with Crippen molar-refractivity contribution >= 4 is 17.9 Å². The van der Waals surface area contributed by atoms with Crippen LogP contribution in [0.1, 0.15) is 157 Å². The summed E-state index contributed by atoms with van der Waals surface area (Å²) in [5, 5.41) is 33.8. The third kappa shape index (κ3) is 33.4. The van der Waals surface area contributed by atoms with Gasteiger partial charge < -0.3 is 26.6 Å². The van der Waals surface area contributed by atoms with Crippen LogP contribution in [0.4, 0.5) is 0 Å². The zero-order valence-corrected chi connectivity index (χ0v) is 27.4. The van der Waals surface area contributed by atoms with E-state index in [0.29, 0.717) is 0 Å². The van der Waals surface area contributed by atoms with E-state index in [0.717, 1.165) is 13.2 Å². The minimum absolute atomic E-state index is 0. The van der Waals surface area contributed by atoms with Crippen LogP contribution in [0, 0.1) is 0 Å². The maximum atomic E-state index is 10.3. The first-order valence-electron chi connectivity index (χ1n) is 15.2. The zero-order valence-electron chi connectivity index (χ0n) is 26.4. The molecule has 9 heteroatoms. The van der Waals surface area contributed by atoms with Crippen molar-refractivity contribution in [2.24, 2.45) is 0 Å². The average molecular weight is 571 g/mol. The predicted molar refractivity (Wildman–Crippen MR) is 153 cm³/mol. The topological polar surface area (TPSA) is 141 Å². The van der Waals surface area contributed by atoms with Gasteiger partial charge in [0.1, 0.15) is 0 Å². The molecule has 0 heterocycles. The number of aliphatic carboxylic acids is 3. The number of hydrogen-bond donors (Lipinski definition) is 4. The molecule has 0 spiro atoms. The van der Waals surface area contributed by atoms with Crippen LogP contribution in [0.2, 0.25) is 0 Å². The number of carboxylic acids is 3. The van der Waals surface area contributed by atoms with Crippen molar-refractivity contribution in [2.45, 2.75) is 161 Å². The fraction of sp³-hybridized carbons (Fsp3) is 0.900. The van der Waals surface area contributed by atoms with Gasteiger partial charge in [0.25, 0.3) is 0 Å². The van der Waals surface area contributed by atoms with Crippen LogP contribution in [-0.4, -0.2) is 57.1 Å². The van der Waals surface area contributed by atoms with Gasteiger partial charge in [-0.05, 0) is 12.8 Å². The van der Waals surface area contributed by atoms with E-state index in [1.54, 1.807) is 0 Å². The van der Waals surface area contributed by atoms with Crippen LogP contribution in [0.3, 0.4) is 0 Å². The largest absolute Gasteiger partial charge is 1.00 e. The molecule has 0 aromatic rings. The van der Waals surface area contributed by atoms with E-state index < -0.39 is 36.4 Å². The van der Waals surface area contributed by atoms with Crippen molar-refractivity contribution in [1.29, 1.82) is 0 Å². The molecule has 0 unspecified atom stereocenters. The summed E-state index contributed by atoms with van der Waals surface area (Å²) in [6.45, 7) is 6.57. The molecule has 0 aliphatic heterocycles. The van der Waals surface area contributed by atoms with Gasteiger partial charge >= 0.3 is 47.5 Å². The first-order valence-corrected chi connectivity index (χ1v) is 15.2. The molecule has 0 saturated carbocycles. The van der Waals surface area contributed by atoms with Crippen molar-refractivity contribution in [2.75, 3.05) is 13.2 Å². The first kappa shape index (κ1) is 42.8. The first-order chi connectivity index (χ1) is 18.2. The van der Waals surface area contributed by atoms with Crippen molar-refractivity contribution in [3.05, 3.63) is 0 Å². The van der Waals surface area contributed by atoms with Crippen LogP contribution in [0.25, 0.3) is 0 Å². The standard InChI is InChI=1S/C24H50O.C6H8O7.Na.H/c1-3-5-7-9-11-13-15-17-19-21-23-25-24-22-20-18-16-14-12-10-8-6-4-2;7-3(8)1-6(13,5(11)12)2-4(9)10;;/h3-24H2,1-2H3;13H,1-2H2,(H,7,8)(H,9,10)(H,11,12);;/q;;+1;-1. The summed E-state index contributed by atoms with van der Waals surface area (Å²) in [5.41, 5.74) is -2.74. The molecule has 0 aromatic carbocycles. The van der Waals surface area contributed by atoms with Gasteiger partial charge in [-0.3, -0.25) is 9.59 Å². The zero-order chi connectivity index (χ0) is 28.9. The molecule has 0 bridgehead atoms. The van der Waals surface area contributed by atoms with Gasteiger partial charge in [0.05, 0.1) is 12.8 Å². The molecular weight excluding hydrogens is 511 g/mol. The average Bonchev–Trinajstić information content (AvgIpc) is 2.84. The summed E-state index contributed by atoms with van der Waals surface area (Å²) < 4.78 is 5.78. The van der Waals surface area contributed by atoms with Gasteiger partial charge in [-0.1, -0.05) is 129 Å². The van der Waals surface area contributed by atoms with Gasteiger partial charge in [-0.15, -0.1) is 0 Å². The minimum Gasteiger partial charge on any atom is -1.00 e. The molecule has 0 rings (SSSR count). The Balaban J connectivity index is -0.000000368. The Bertz CT molecular complexity index is 540. The maximum absolute atomic E-state index is 10.3. The second kappa shape index (κ2) is 31.9. The van der Waals surface area contributed by atoms with Gasteiger partial charge in [-0.2, -0.15) is 0 Å². The van der Waals surface area contributed by atoms with Crippen molar-refractivity contribution in [3.63, 3.8) is 0 Å². The fourth-order valence-electron chi connectivity index (χ4n) is 4.20. The normalized spacial score (nSPS) is 10.8. The molecule has 0 aliphatic rings. The quantitative estimate of drug-likeness (QED) is 0.0822. The SMILES string of the molecule is CCCCCCCCCCCCOCCCCCCCCCCCC.O=C(O)CC(O)(CC(=O)O)C(=O)O.[H-].[Na+]. The Morgan fingerprint density at radius 1 is 0.538 bits per heavy atom. The molecule has 8 nitrogen and oxygen atoms in total. The third-order valence-electron chi connectivity index (χ3n) is 6.57. The summed E-state index contributed by atoms with van der Waals surface area (Å²) in [6.07, 6.45) is 25.9. The molecular formula is C30H59NaO8. The van der Waals surface area contributed by atoms with E-state index in [9.17, 15) is 14.4 Å². The molecule has 0 aliphatic carbocycles. The van der Waals surface area contributed by atoms with Crippen LogP contribution >= 0.6 is 0 Å². The summed E-state index contributed by atoms with van der Waals surface area (Å²) in [5.74, 6) is -5.02. The summed E-state index contributed by atoms with van der Waals surface area (Å²) in [7, 11) is 0. The van der Waals surface area contributed by atoms with Gasteiger partial charge in [0.2, 0.25) is 0 Å². The smallest absolute Gasteiger partial charge is 1.00 e. The third-order valence-corrected chi connectivity index (χ3v) is 6.57. The molecule has 39 heavy (non-hydrogen) atoms. The van der Waals surface area contributed by atoms with Crippen molar-refractivity contribution in [3.8, 4) is 0 Å². The van der Waals surface area contributed by atoms with Gasteiger partial charge in [0.15, 0.2) is 5.60 Å². The van der Waals surface area contributed by atoms with Crippen LogP contribution in [0.15, 0.2) is 0 Å². The molecule has 4 N–H and O–H groups in total. The number of ether oxygens (including phenoxy) is 1. The molecule has 0 fully saturated rings. The maximum Gasteiger partial charge on any atom is 1.00 e. The van der Waals surface area contributed by atoms with E-state index in [1.165, 1.54) is 128 Å². The van der Waals surface area contributed by atoms with E-state index in [2.05, 4.69) is 13.8 Å². The Morgan fingerprint density at radius 3 is 1.03 bits per heavy atom. The van der Waals surface area contributed by atoms with Crippen molar-refractivity contribution < 1.29 is 70.5 Å². The van der Waals surface area contributed by atoms with Crippen LogP contribution in [0.5, 0.6) is 0 Å². The fourth-order valence-corrected chi connectivity index (χ4v) is 4.20. The number of hydrogen-bond acceptors (Lipinski definition) is 5. The Morgan fingerprint density at radius 2 is 0.795 bits per heavy atom. The number of unbranched alkanes of at least 4 members (excludes halogenated alkanes) is 18. The second-order valence-electron chi connectivity index (χ2n) is 10.5.